The van der Waals surface area contributed by atoms with Crippen LogP contribution in [0.1, 0.15) is 16.7 Å². The summed E-state index contributed by atoms with van der Waals surface area (Å²) in [5, 5.41) is 11.6. The summed E-state index contributed by atoms with van der Waals surface area (Å²) in [4.78, 5) is 0. The highest BCUT2D eigenvalue weighted by atomic mass is 16.3. The summed E-state index contributed by atoms with van der Waals surface area (Å²) in [7, 11) is 0. The summed E-state index contributed by atoms with van der Waals surface area (Å²) in [6, 6.07) is 10.4. The zero-order chi connectivity index (χ0) is 9.54. The van der Waals surface area contributed by atoms with E-state index < -0.39 is 0 Å². The lowest BCUT2D eigenvalue weighted by Crippen LogP contribution is -1.85. The van der Waals surface area contributed by atoms with Crippen molar-refractivity contribution in [3.63, 3.8) is 0 Å². The van der Waals surface area contributed by atoms with E-state index in [0.717, 1.165) is 5.56 Å². The van der Waals surface area contributed by atoms with Gasteiger partial charge in [0.1, 0.15) is 0 Å². The summed E-state index contributed by atoms with van der Waals surface area (Å²) in [6.45, 7) is 0.112. The van der Waals surface area contributed by atoms with Crippen molar-refractivity contribution in [3.05, 3.63) is 47.0 Å². The van der Waals surface area contributed by atoms with Gasteiger partial charge in [-0.25, -0.2) is 0 Å². The third-order valence-electron chi connectivity index (χ3n) is 2.72. The summed E-state index contributed by atoms with van der Waals surface area (Å²) in [5.41, 5.74) is 3.49. The first-order valence-electron chi connectivity index (χ1n) is 4.73. The van der Waals surface area contributed by atoms with Crippen molar-refractivity contribution in [1.82, 2.24) is 0 Å². The van der Waals surface area contributed by atoms with Crippen LogP contribution in [0.15, 0.2) is 30.3 Å². The van der Waals surface area contributed by atoms with E-state index in [-0.39, 0.29) is 6.61 Å². The van der Waals surface area contributed by atoms with Crippen LogP contribution in [0.2, 0.25) is 0 Å². The summed E-state index contributed by atoms with van der Waals surface area (Å²) >= 11 is 0. The quantitative estimate of drug-likeness (QED) is 0.613. The van der Waals surface area contributed by atoms with Gasteiger partial charge in [0.05, 0.1) is 6.61 Å². The van der Waals surface area contributed by atoms with E-state index in [1.807, 2.05) is 0 Å². The molecular weight excluding hydrogens is 172 g/mol. The molecule has 0 amide bonds. The molecule has 2 aromatic rings. The normalized spacial score (nSPS) is 12.6. The predicted octanol–water partition coefficient (Wildman–Crippen LogP) is 2.82. The van der Waals surface area contributed by atoms with Crippen LogP contribution in [-0.2, 0) is 6.61 Å². The Balaban J connectivity index is 2.46. The van der Waals surface area contributed by atoms with E-state index in [1.165, 1.54) is 21.9 Å². The third-order valence-corrected chi connectivity index (χ3v) is 2.72. The molecule has 0 aromatic heterocycles. The maximum Gasteiger partial charge on any atom is 0.0682 e. The zero-order valence-electron chi connectivity index (χ0n) is 7.70. The molecule has 0 spiro atoms. The van der Waals surface area contributed by atoms with Gasteiger partial charge in [-0.3, -0.25) is 0 Å². The Kier molecular flexibility index (Phi) is 1.49. The minimum atomic E-state index is 0.112. The molecule has 2 aromatic carbocycles. The molecule has 0 atom stereocenters. The Morgan fingerprint density at radius 2 is 1.86 bits per heavy atom. The minimum absolute atomic E-state index is 0.112. The fourth-order valence-electron chi connectivity index (χ4n) is 2.10. The highest BCUT2D eigenvalue weighted by Crippen LogP contribution is 2.31. The highest BCUT2D eigenvalue weighted by molar-refractivity contribution is 6.05. The highest BCUT2D eigenvalue weighted by Gasteiger charge is 2.09. The monoisotopic (exact) mass is 182 g/mol. The van der Waals surface area contributed by atoms with Crippen LogP contribution in [0.5, 0.6) is 0 Å². The second-order valence-electron chi connectivity index (χ2n) is 3.62. The molecule has 0 radical (unpaired) electrons. The number of aliphatic hydroxyl groups is 1. The molecule has 1 N–H and O–H groups in total. The summed E-state index contributed by atoms with van der Waals surface area (Å²) in [6.07, 6.45) is 4.23. The number of aliphatic hydroxyl groups excluding tert-OH is 1. The molecule has 1 heteroatoms. The van der Waals surface area contributed by atoms with Crippen molar-refractivity contribution in [3.8, 4) is 0 Å². The molecule has 0 bridgehead atoms. The molecule has 0 heterocycles. The average Bonchev–Trinajstić information content (AvgIpc) is 2.64. The van der Waals surface area contributed by atoms with Crippen molar-refractivity contribution in [2.75, 3.05) is 0 Å². The molecule has 0 saturated carbocycles. The first-order valence-corrected chi connectivity index (χ1v) is 4.73. The molecule has 0 unspecified atom stereocenters. The number of benzene rings is 2. The Hall–Kier alpha value is -1.60. The largest absolute Gasteiger partial charge is 0.392 e. The fraction of sp³-hybridized carbons (Fsp3) is 0.0769. The second kappa shape index (κ2) is 2.69. The van der Waals surface area contributed by atoms with Gasteiger partial charge in [-0.2, -0.15) is 0 Å². The minimum Gasteiger partial charge on any atom is -0.392 e. The Labute approximate surface area is 82.3 Å². The molecule has 0 fully saturated rings. The van der Waals surface area contributed by atoms with E-state index in [0.29, 0.717) is 0 Å². The summed E-state index contributed by atoms with van der Waals surface area (Å²) < 4.78 is 0. The van der Waals surface area contributed by atoms with Gasteiger partial charge in [-0.1, -0.05) is 30.4 Å². The SMILES string of the molecule is OCc1cc2c3c(cccc3c1)C=C2. The van der Waals surface area contributed by atoms with Crippen molar-refractivity contribution in [2.45, 2.75) is 6.61 Å². The lowest BCUT2D eigenvalue weighted by molar-refractivity contribution is 0.282. The van der Waals surface area contributed by atoms with Gasteiger partial charge in [0.2, 0.25) is 0 Å². The molecule has 0 aliphatic heterocycles. The lowest BCUT2D eigenvalue weighted by atomic mass is 10.0. The van der Waals surface area contributed by atoms with Gasteiger partial charge in [0.25, 0.3) is 0 Å². The Morgan fingerprint density at radius 3 is 2.71 bits per heavy atom. The first-order chi connectivity index (χ1) is 6.88. The van der Waals surface area contributed by atoms with Gasteiger partial charge in [-0.15, -0.1) is 0 Å². The smallest absolute Gasteiger partial charge is 0.0682 e. The third kappa shape index (κ3) is 0.932. The number of hydrogen-bond donors (Lipinski definition) is 1. The van der Waals surface area contributed by atoms with Crippen LogP contribution in [0, 0.1) is 0 Å². The van der Waals surface area contributed by atoms with Gasteiger partial charge in [0, 0.05) is 0 Å². The molecule has 1 aliphatic carbocycles. The average molecular weight is 182 g/mol. The van der Waals surface area contributed by atoms with E-state index in [1.54, 1.807) is 0 Å². The fourth-order valence-corrected chi connectivity index (χ4v) is 2.10. The van der Waals surface area contributed by atoms with E-state index >= 15 is 0 Å². The molecule has 3 rings (SSSR count). The van der Waals surface area contributed by atoms with E-state index in [9.17, 15) is 0 Å². The lowest BCUT2D eigenvalue weighted by Gasteiger charge is -2.04. The van der Waals surface area contributed by atoms with Crippen molar-refractivity contribution >= 4 is 22.9 Å². The second-order valence-corrected chi connectivity index (χ2v) is 3.62. The van der Waals surface area contributed by atoms with Crippen molar-refractivity contribution in [2.24, 2.45) is 0 Å². The van der Waals surface area contributed by atoms with Gasteiger partial charge in [-0.05, 0) is 39.6 Å². The van der Waals surface area contributed by atoms with Crippen molar-refractivity contribution < 1.29 is 5.11 Å². The molecular formula is C13H10O. The van der Waals surface area contributed by atoms with Gasteiger partial charge >= 0.3 is 0 Å². The predicted molar refractivity (Wildman–Crippen MR) is 58.8 cm³/mol. The van der Waals surface area contributed by atoms with E-state index in [4.69, 9.17) is 5.11 Å². The maximum atomic E-state index is 9.11. The van der Waals surface area contributed by atoms with Crippen LogP contribution < -0.4 is 0 Å². The maximum absolute atomic E-state index is 9.11. The zero-order valence-corrected chi connectivity index (χ0v) is 7.70. The molecule has 1 aliphatic rings. The van der Waals surface area contributed by atoms with Crippen LogP contribution in [-0.4, -0.2) is 5.11 Å². The van der Waals surface area contributed by atoms with Crippen LogP contribution >= 0.6 is 0 Å². The number of rotatable bonds is 1. The molecule has 0 saturated heterocycles. The Morgan fingerprint density at radius 1 is 1.00 bits per heavy atom. The molecule has 1 nitrogen and oxygen atoms in total. The van der Waals surface area contributed by atoms with Crippen LogP contribution in [0.25, 0.3) is 22.9 Å². The Bertz CT molecular complexity index is 538. The van der Waals surface area contributed by atoms with Crippen molar-refractivity contribution in [1.29, 1.82) is 0 Å². The summed E-state index contributed by atoms with van der Waals surface area (Å²) in [5.74, 6) is 0. The van der Waals surface area contributed by atoms with Crippen LogP contribution in [0.4, 0.5) is 0 Å². The first kappa shape index (κ1) is 7.77. The molecule has 14 heavy (non-hydrogen) atoms. The van der Waals surface area contributed by atoms with Gasteiger partial charge < -0.3 is 5.11 Å². The van der Waals surface area contributed by atoms with E-state index in [2.05, 4.69) is 42.5 Å². The topological polar surface area (TPSA) is 20.2 Å². The molecule has 68 valence electrons. The standard InChI is InChI=1S/C13H10O/c14-8-9-6-11-3-1-2-10-4-5-12(7-9)13(10)11/h1-7,14H,8H2. The van der Waals surface area contributed by atoms with Crippen LogP contribution in [0.3, 0.4) is 0 Å². The number of hydrogen-bond acceptors (Lipinski definition) is 1. The van der Waals surface area contributed by atoms with Gasteiger partial charge in [0.15, 0.2) is 0 Å².